The summed E-state index contributed by atoms with van der Waals surface area (Å²) < 4.78 is 16.2. The third-order valence-electron chi connectivity index (χ3n) is 4.26. The highest BCUT2D eigenvalue weighted by molar-refractivity contribution is 6.34. The number of non-ortho nitro benzene ring substituents is 1. The largest absolute Gasteiger partial charge is 0.493 e. The Morgan fingerprint density at radius 3 is 2.73 bits per heavy atom. The number of ether oxygens (including phenoxy) is 3. The Balaban J connectivity index is 1.89. The predicted molar refractivity (Wildman–Crippen MR) is 112 cm³/mol. The number of carbonyl (C=O) groups is 1. The fourth-order valence-electron chi connectivity index (χ4n) is 2.69. The summed E-state index contributed by atoms with van der Waals surface area (Å²) >= 11 is 6.10. The Morgan fingerprint density at radius 1 is 1.23 bits per heavy atom. The van der Waals surface area contributed by atoms with Crippen molar-refractivity contribution >= 4 is 35.2 Å². The molecule has 0 unspecified atom stereocenters. The van der Waals surface area contributed by atoms with E-state index in [9.17, 15) is 14.9 Å². The first-order chi connectivity index (χ1) is 14.4. The van der Waals surface area contributed by atoms with Gasteiger partial charge in [0.05, 0.1) is 29.2 Å². The van der Waals surface area contributed by atoms with E-state index in [1.54, 1.807) is 18.2 Å². The standard InChI is InChI=1S/C21H19ClN2O6/c1-3-4-9-29-18-8-5-13(11-19(18)28-2)10-17-21(25)30-20(23-17)15-12-14(24(26)27)6-7-16(15)22/h5-8,10-12H,3-4,9H2,1-2H3/b17-10-. The Hall–Kier alpha value is -3.39. The van der Waals surface area contributed by atoms with Gasteiger partial charge in [0.15, 0.2) is 17.2 Å². The van der Waals surface area contributed by atoms with Gasteiger partial charge in [0.1, 0.15) is 0 Å². The third-order valence-corrected chi connectivity index (χ3v) is 4.59. The number of nitro benzene ring substituents is 1. The number of hydrogen-bond acceptors (Lipinski definition) is 7. The number of rotatable bonds is 8. The highest BCUT2D eigenvalue weighted by Crippen LogP contribution is 2.31. The fourth-order valence-corrected chi connectivity index (χ4v) is 2.89. The molecule has 0 atom stereocenters. The van der Waals surface area contributed by atoms with Crippen LogP contribution in [0.3, 0.4) is 0 Å². The van der Waals surface area contributed by atoms with Crippen molar-refractivity contribution in [2.45, 2.75) is 19.8 Å². The van der Waals surface area contributed by atoms with E-state index in [1.807, 2.05) is 0 Å². The Labute approximate surface area is 177 Å². The van der Waals surface area contributed by atoms with Crippen LogP contribution in [0, 0.1) is 10.1 Å². The number of benzene rings is 2. The molecule has 0 amide bonds. The van der Waals surface area contributed by atoms with Crippen molar-refractivity contribution in [2.24, 2.45) is 4.99 Å². The molecule has 0 saturated carbocycles. The van der Waals surface area contributed by atoms with E-state index in [4.69, 9.17) is 25.8 Å². The minimum Gasteiger partial charge on any atom is -0.493 e. The maximum absolute atomic E-state index is 12.3. The first kappa shape index (κ1) is 21.3. The van der Waals surface area contributed by atoms with Gasteiger partial charge in [0.25, 0.3) is 5.69 Å². The molecule has 30 heavy (non-hydrogen) atoms. The number of carbonyl (C=O) groups excluding carboxylic acids is 1. The SMILES string of the molecule is CCCCOc1ccc(/C=C2\N=C(c3cc([N+](=O)[O-])ccc3Cl)OC2=O)cc1OC. The topological polar surface area (TPSA) is 100 Å². The van der Waals surface area contributed by atoms with Gasteiger partial charge < -0.3 is 14.2 Å². The maximum atomic E-state index is 12.3. The summed E-state index contributed by atoms with van der Waals surface area (Å²) in [6.07, 6.45) is 3.47. The molecule has 0 bridgehead atoms. The molecule has 0 aliphatic carbocycles. The average Bonchev–Trinajstić information content (AvgIpc) is 3.09. The van der Waals surface area contributed by atoms with Crippen LogP contribution in [0.4, 0.5) is 5.69 Å². The van der Waals surface area contributed by atoms with Crippen molar-refractivity contribution in [3.63, 3.8) is 0 Å². The van der Waals surface area contributed by atoms with Gasteiger partial charge in [-0.05, 0) is 36.3 Å². The van der Waals surface area contributed by atoms with Crippen molar-refractivity contribution in [1.29, 1.82) is 0 Å². The normalized spacial score (nSPS) is 14.4. The number of hydrogen-bond donors (Lipinski definition) is 0. The Kier molecular flexibility index (Phi) is 6.68. The first-order valence-corrected chi connectivity index (χ1v) is 9.58. The van der Waals surface area contributed by atoms with Gasteiger partial charge >= 0.3 is 5.97 Å². The second kappa shape index (κ2) is 9.41. The molecule has 0 fully saturated rings. The first-order valence-electron chi connectivity index (χ1n) is 9.20. The number of methoxy groups -OCH3 is 1. The smallest absolute Gasteiger partial charge is 0.363 e. The third kappa shape index (κ3) is 4.77. The number of cyclic esters (lactones) is 1. The summed E-state index contributed by atoms with van der Waals surface area (Å²) in [6, 6.07) is 9.06. The maximum Gasteiger partial charge on any atom is 0.363 e. The zero-order chi connectivity index (χ0) is 21.7. The Bertz CT molecular complexity index is 1050. The number of nitrogens with zero attached hydrogens (tertiary/aromatic N) is 2. The minimum atomic E-state index is -0.685. The van der Waals surface area contributed by atoms with E-state index in [0.717, 1.165) is 12.8 Å². The molecule has 156 valence electrons. The monoisotopic (exact) mass is 430 g/mol. The van der Waals surface area contributed by atoms with Gasteiger partial charge in [-0.25, -0.2) is 9.79 Å². The van der Waals surface area contributed by atoms with Crippen LogP contribution in [-0.4, -0.2) is 30.5 Å². The van der Waals surface area contributed by atoms with Gasteiger partial charge in [-0.1, -0.05) is 31.0 Å². The zero-order valence-electron chi connectivity index (χ0n) is 16.4. The van der Waals surface area contributed by atoms with Crippen molar-refractivity contribution in [1.82, 2.24) is 0 Å². The molecule has 2 aromatic rings. The molecule has 0 N–H and O–H groups in total. The molecule has 1 heterocycles. The molecule has 0 aromatic heterocycles. The lowest BCUT2D eigenvalue weighted by molar-refractivity contribution is -0.384. The van der Waals surface area contributed by atoms with E-state index < -0.39 is 10.9 Å². The Morgan fingerprint density at radius 2 is 2.03 bits per heavy atom. The van der Waals surface area contributed by atoms with Crippen LogP contribution in [0.2, 0.25) is 5.02 Å². The molecular weight excluding hydrogens is 412 g/mol. The van der Waals surface area contributed by atoms with Gasteiger partial charge in [-0.15, -0.1) is 0 Å². The van der Waals surface area contributed by atoms with E-state index in [0.29, 0.717) is 23.7 Å². The summed E-state index contributed by atoms with van der Waals surface area (Å²) in [5, 5.41) is 11.2. The zero-order valence-corrected chi connectivity index (χ0v) is 17.1. The van der Waals surface area contributed by atoms with E-state index in [2.05, 4.69) is 11.9 Å². The van der Waals surface area contributed by atoms with Crippen LogP contribution in [-0.2, 0) is 9.53 Å². The number of esters is 1. The molecule has 1 aliphatic heterocycles. The molecule has 3 rings (SSSR count). The second-order valence-electron chi connectivity index (χ2n) is 6.37. The number of nitro groups is 1. The number of unbranched alkanes of at least 4 members (excludes halogenated alkanes) is 1. The van der Waals surface area contributed by atoms with Gasteiger partial charge in [0.2, 0.25) is 5.90 Å². The summed E-state index contributed by atoms with van der Waals surface area (Å²) in [7, 11) is 1.53. The fraction of sp³-hybridized carbons (Fsp3) is 0.238. The van der Waals surface area contributed by atoms with Crippen molar-refractivity contribution in [3.8, 4) is 11.5 Å². The quantitative estimate of drug-likeness (QED) is 0.196. The summed E-state index contributed by atoms with van der Waals surface area (Å²) in [6.45, 7) is 2.66. The van der Waals surface area contributed by atoms with Crippen LogP contribution in [0.1, 0.15) is 30.9 Å². The molecule has 0 radical (unpaired) electrons. The molecule has 9 heteroatoms. The van der Waals surface area contributed by atoms with Crippen molar-refractivity contribution in [2.75, 3.05) is 13.7 Å². The minimum absolute atomic E-state index is 0.0364. The lowest BCUT2D eigenvalue weighted by Crippen LogP contribution is -2.06. The number of aliphatic imine (C=N–C) groups is 1. The van der Waals surface area contributed by atoms with Crippen molar-refractivity contribution < 1.29 is 23.9 Å². The predicted octanol–water partition coefficient (Wildman–Crippen LogP) is 4.78. The summed E-state index contributed by atoms with van der Waals surface area (Å²) in [5.41, 5.74) is 0.667. The van der Waals surface area contributed by atoms with Crippen LogP contribution in [0.25, 0.3) is 6.08 Å². The highest BCUT2D eigenvalue weighted by atomic mass is 35.5. The molecule has 1 aliphatic rings. The average molecular weight is 431 g/mol. The van der Waals surface area contributed by atoms with Crippen LogP contribution in [0.5, 0.6) is 11.5 Å². The summed E-state index contributed by atoms with van der Waals surface area (Å²) in [4.78, 5) is 26.8. The molecule has 2 aromatic carbocycles. The van der Waals surface area contributed by atoms with E-state index in [-0.39, 0.29) is 27.9 Å². The summed E-state index contributed by atoms with van der Waals surface area (Å²) in [5.74, 6) is 0.355. The lowest BCUT2D eigenvalue weighted by Gasteiger charge is -2.10. The molecule has 0 saturated heterocycles. The van der Waals surface area contributed by atoms with E-state index >= 15 is 0 Å². The molecule has 0 spiro atoms. The van der Waals surface area contributed by atoms with Gasteiger partial charge in [-0.3, -0.25) is 10.1 Å². The van der Waals surface area contributed by atoms with Gasteiger partial charge in [-0.2, -0.15) is 0 Å². The number of halogens is 1. The molecular formula is C21H19ClN2O6. The van der Waals surface area contributed by atoms with Crippen molar-refractivity contribution in [3.05, 3.63) is 68.4 Å². The second-order valence-corrected chi connectivity index (χ2v) is 6.78. The van der Waals surface area contributed by atoms with Crippen LogP contribution >= 0.6 is 11.6 Å². The highest BCUT2D eigenvalue weighted by Gasteiger charge is 2.27. The van der Waals surface area contributed by atoms with Gasteiger partial charge in [0, 0.05) is 12.1 Å². The molecule has 8 nitrogen and oxygen atoms in total. The van der Waals surface area contributed by atoms with E-state index in [1.165, 1.54) is 31.4 Å². The lowest BCUT2D eigenvalue weighted by atomic mass is 10.1. The van der Waals surface area contributed by atoms with Crippen LogP contribution in [0.15, 0.2) is 47.1 Å². The van der Waals surface area contributed by atoms with Crippen LogP contribution < -0.4 is 9.47 Å².